The lowest BCUT2D eigenvalue weighted by atomic mass is 9.65. The molecular weight excluding hydrogens is 226 g/mol. The predicted octanol–water partition coefficient (Wildman–Crippen LogP) is 2.11. The topological polar surface area (TPSA) is 36.9 Å². The Morgan fingerprint density at radius 2 is 1.89 bits per heavy atom. The SMILES string of the molecule is CN=C(NCC(C)(C)OC)N1CC(C)(C)C1(C)C. The van der Waals surface area contributed by atoms with Crippen LogP contribution < -0.4 is 5.32 Å². The lowest BCUT2D eigenvalue weighted by Gasteiger charge is -2.62. The van der Waals surface area contributed by atoms with E-state index in [0.717, 1.165) is 19.0 Å². The Labute approximate surface area is 112 Å². The first kappa shape index (κ1) is 15.3. The van der Waals surface area contributed by atoms with Crippen LogP contribution in [0.5, 0.6) is 0 Å². The molecule has 106 valence electrons. The Bertz CT molecular complexity index is 332. The first-order chi connectivity index (χ1) is 8.07. The van der Waals surface area contributed by atoms with E-state index in [0.29, 0.717) is 5.41 Å². The summed E-state index contributed by atoms with van der Waals surface area (Å²) in [5.41, 5.74) is 0.272. The number of ether oxygens (including phenoxy) is 1. The van der Waals surface area contributed by atoms with Gasteiger partial charge in [0.1, 0.15) is 0 Å². The molecule has 0 aromatic heterocycles. The fraction of sp³-hybridized carbons (Fsp3) is 0.929. The van der Waals surface area contributed by atoms with Gasteiger partial charge in [0.05, 0.1) is 5.60 Å². The lowest BCUT2D eigenvalue weighted by molar-refractivity contribution is -0.0678. The van der Waals surface area contributed by atoms with Gasteiger partial charge in [-0.1, -0.05) is 13.8 Å². The summed E-state index contributed by atoms with van der Waals surface area (Å²) >= 11 is 0. The van der Waals surface area contributed by atoms with E-state index >= 15 is 0 Å². The van der Waals surface area contributed by atoms with E-state index in [1.54, 1.807) is 7.11 Å². The Kier molecular flexibility index (Phi) is 4.01. The fourth-order valence-corrected chi connectivity index (χ4v) is 2.06. The molecule has 0 radical (unpaired) electrons. The highest BCUT2D eigenvalue weighted by atomic mass is 16.5. The van der Waals surface area contributed by atoms with Crippen LogP contribution >= 0.6 is 0 Å². The molecule has 1 N–H and O–H groups in total. The number of likely N-dealkylation sites (tertiary alicyclic amines) is 1. The van der Waals surface area contributed by atoms with Crippen molar-refractivity contribution < 1.29 is 4.74 Å². The summed E-state index contributed by atoms with van der Waals surface area (Å²) in [4.78, 5) is 6.72. The van der Waals surface area contributed by atoms with Crippen molar-refractivity contribution in [2.24, 2.45) is 10.4 Å². The van der Waals surface area contributed by atoms with Gasteiger partial charge in [0.2, 0.25) is 0 Å². The fourth-order valence-electron chi connectivity index (χ4n) is 2.06. The number of hydrogen-bond donors (Lipinski definition) is 1. The van der Waals surface area contributed by atoms with E-state index in [4.69, 9.17) is 4.74 Å². The summed E-state index contributed by atoms with van der Waals surface area (Å²) in [6.07, 6.45) is 0. The third-order valence-electron chi connectivity index (χ3n) is 4.58. The van der Waals surface area contributed by atoms with Gasteiger partial charge < -0.3 is 15.0 Å². The average molecular weight is 255 g/mol. The Balaban J connectivity index is 2.66. The van der Waals surface area contributed by atoms with E-state index in [9.17, 15) is 0 Å². The van der Waals surface area contributed by atoms with Crippen LogP contribution in [0.4, 0.5) is 0 Å². The van der Waals surface area contributed by atoms with Gasteiger partial charge >= 0.3 is 0 Å². The molecule has 1 heterocycles. The summed E-state index contributed by atoms with van der Waals surface area (Å²) in [5, 5.41) is 3.41. The summed E-state index contributed by atoms with van der Waals surface area (Å²) in [7, 11) is 3.57. The minimum atomic E-state index is -0.180. The number of nitrogens with one attached hydrogen (secondary N) is 1. The smallest absolute Gasteiger partial charge is 0.194 e. The monoisotopic (exact) mass is 255 g/mol. The van der Waals surface area contributed by atoms with Gasteiger partial charge in [-0.05, 0) is 27.7 Å². The Morgan fingerprint density at radius 1 is 1.33 bits per heavy atom. The highest BCUT2D eigenvalue weighted by Crippen LogP contribution is 2.46. The third kappa shape index (κ3) is 2.63. The quantitative estimate of drug-likeness (QED) is 0.620. The largest absolute Gasteiger partial charge is 0.377 e. The van der Waals surface area contributed by atoms with Gasteiger partial charge in [-0.25, -0.2) is 0 Å². The number of hydrogen-bond acceptors (Lipinski definition) is 2. The molecule has 0 aliphatic carbocycles. The maximum absolute atomic E-state index is 5.42. The van der Waals surface area contributed by atoms with Crippen LogP contribution in [-0.2, 0) is 4.74 Å². The summed E-state index contributed by atoms with van der Waals surface area (Å²) in [6.45, 7) is 15.1. The maximum Gasteiger partial charge on any atom is 0.194 e. The second-order valence-electron chi connectivity index (χ2n) is 6.89. The molecule has 18 heavy (non-hydrogen) atoms. The summed E-state index contributed by atoms with van der Waals surface area (Å²) in [5.74, 6) is 0.962. The molecular formula is C14H29N3O. The van der Waals surface area contributed by atoms with E-state index in [1.165, 1.54) is 0 Å². The van der Waals surface area contributed by atoms with Crippen LogP contribution in [0.1, 0.15) is 41.5 Å². The van der Waals surface area contributed by atoms with Crippen molar-refractivity contribution in [3.05, 3.63) is 0 Å². The Morgan fingerprint density at radius 3 is 2.22 bits per heavy atom. The zero-order valence-corrected chi connectivity index (χ0v) is 13.2. The molecule has 1 aliphatic heterocycles. The molecule has 0 aromatic carbocycles. The van der Waals surface area contributed by atoms with Crippen molar-refractivity contribution >= 4 is 5.96 Å². The van der Waals surface area contributed by atoms with Crippen LogP contribution in [0.2, 0.25) is 0 Å². The van der Waals surface area contributed by atoms with Crippen molar-refractivity contribution in [3.8, 4) is 0 Å². The molecule has 1 fully saturated rings. The van der Waals surface area contributed by atoms with E-state index < -0.39 is 0 Å². The van der Waals surface area contributed by atoms with Crippen molar-refractivity contribution in [1.29, 1.82) is 0 Å². The molecule has 4 nitrogen and oxygen atoms in total. The molecule has 0 bridgehead atoms. The van der Waals surface area contributed by atoms with Gasteiger partial charge in [0.25, 0.3) is 0 Å². The third-order valence-corrected chi connectivity index (χ3v) is 4.58. The normalized spacial score (nSPS) is 22.7. The average Bonchev–Trinajstić information content (AvgIpc) is 2.28. The van der Waals surface area contributed by atoms with Gasteiger partial charge in [0.15, 0.2) is 5.96 Å². The number of aliphatic imine (C=N–C) groups is 1. The van der Waals surface area contributed by atoms with Crippen LogP contribution in [0.15, 0.2) is 4.99 Å². The van der Waals surface area contributed by atoms with Crippen LogP contribution in [0.3, 0.4) is 0 Å². The van der Waals surface area contributed by atoms with Crippen LogP contribution in [-0.4, -0.2) is 49.2 Å². The van der Waals surface area contributed by atoms with Gasteiger partial charge in [-0.3, -0.25) is 4.99 Å². The first-order valence-electron chi connectivity index (χ1n) is 6.61. The number of guanidine groups is 1. The second kappa shape index (κ2) is 4.72. The highest BCUT2D eigenvalue weighted by molar-refractivity contribution is 5.82. The van der Waals surface area contributed by atoms with Gasteiger partial charge in [-0.15, -0.1) is 0 Å². The van der Waals surface area contributed by atoms with E-state index in [2.05, 4.69) is 56.8 Å². The Hall–Kier alpha value is -0.770. The molecule has 0 saturated carbocycles. The molecule has 0 atom stereocenters. The molecule has 0 amide bonds. The zero-order valence-electron chi connectivity index (χ0n) is 13.2. The van der Waals surface area contributed by atoms with Crippen LogP contribution in [0.25, 0.3) is 0 Å². The number of methoxy groups -OCH3 is 1. The second-order valence-corrected chi connectivity index (χ2v) is 6.89. The van der Waals surface area contributed by atoms with E-state index in [-0.39, 0.29) is 11.1 Å². The highest BCUT2D eigenvalue weighted by Gasteiger charge is 2.53. The first-order valence-corrected chi connectivity index (χ1v) is 6.61. The van der Waals surface area contributed by atoms with Crippen molar-refractivity contribution in [1.82, 2.24) is 10.2 Å². The maximum atomic E-state index is 5.42. The standard InChI is InChI=1S/C14H29N3O/c1-12(2)10-17(14(12,5)6)11(15-7)16-9-13(3,4)18-8/h9-10H2,1-8H3,(H,15,16). The minimum Gasteiger partial charge on any atom is -0.377 e. The number of nitrogens with zero attached hydrogens (tertiary/aromatic N) is 2. The van der Waals surface area contributed by atoms with Crippen molar-refractivity contribution in [3.63, 3.8) is 0 Å². The van der Waals surface area contributed by atoms with Gasteiger partial charge in [-0.2, -0.15) is 0 Å². The zero-order chi connectivity index (χ0) is 14.2. The van der Waals surface area contributed by atoms with Crippen LogP contribution in [0, 0.1) is 5.41 Å². The number of rotatable bonds is 3. The molecule has 1 rings (SSSR count). The minimum absolute atomic E-state index is 0.131. The molecule has 0 aromatic rings. The van der Waals surface area contributed by atoms with Gasteiger partial charge in [0, 0.05) is 38.2 Å². The summed E-state index contributed by atoms with van der Waals surface area (Å²) < 4.78 is 5.42. The predicted molar refractivity (Wildman–Crippen MR) is 77.0 cm³/mol. The summed E-state index contributed by atoms with van der Waals surface area (Å²) in [6, 6.07) is 0. The molecule has 1 aliphatic rings. The van der Waals surface area contributed by atoms with Crippen molar-refractivity contribution in [2.75, 3.05) is 27.2 Å². The molecule has 1 saturated heterocycles. The van der Waals surface area contributed by atoms with Crippen molar-refractivity contribution in [2.45, 2.75) is 52.7 Å². The molecule has 0 spiro atoms. The lowest BCUT2D eigenvalue weighted by Crippen LogP contribution is -2.72. The van der Waals surface area contributed by atoms with E-state index in [1.807, 2.05) is 7.05 Å². The molecule has 4 heteroatoms. The molecule has 0 unspecified atom stereocenters.